The SMILES string of the molecule is NC(=O)CNC(=O)Nc1ccc(Cl)cc1F. The number of hydrogen-bond acceptors (Lipinski definition) is 2. The van der Waals surface area contributed by atoms with E-state index in [1.807, 2.05) is 0 Å². The molecule has 7 heteroatoms. The normalized spacial score (nSPS) is 9.62. The van der Waals surface area contributed by atoms with E-state index >= 15 is 0 Å². The quantitative estimate of drug-likeness (QED) is 0.745. The lowest BCUT2D eigenvalue weighted by Crippen LogP contribution is -2.36. The largest absolute Gasteiger partial charge is 0.368 e. The predicted octanol–water partition coefficient (Wildman–Crippen LogP) is 1.09. The fraction of sp³-hybridized carbons (Fsp3) is 0.111. The zero-order valence-corrected chi connectivity index (χ0v) is 8.84. The van der Waals surface area contributed by atoms with Gasteiger partial charge in [-0.2, -0.15) is 0 Å². The van der Waals surface area contributed by atoms with Gasteiger partial charge in [-0.15, -0.1) is 0 Å². The predicted molar refractivity (Wildman–Crippen MR) is 57.6 cm³/mol. The molecule has 0 fully saturated rings. The highest BCUT2D eigenvalue weighted by molar-refractivity contribution is 6.30. The van der Waals surface area contributed by atoms with Gasteiger partial charge in [-0.25, -0.2) is 9.18 Å². The van der Waals surface area contributed by atoms with Gasteiger partial charge in [0.05, 0.1) is 12.2 Å². The standard InChI is InChI=1S/C9H9ClFN3O2/c10-5-1-2-7(6(11)3-5)14-9(16)13-4-8(12)15/h1-3H,4H2,(H2,12,15)(H2,13,14,16). The van der Waals surface area contributed by atoms with Gasteiger partial charge in [0, 0.05) is 5.02 Å². The fourth-order valence-electron chi connectivity index (χ4n) is 0.925. The lowest BCUT2D eigenvalue weighted by atomic mass is 10.3. The smallest absolute Gasteiger partial charge is 0.319 e. The van der Waals surface area contributed by atoms with Crippen molar-refractivity contribution in [2.45, 2.75) is 0 Å². The molecule has 0 spiro atoms. The Labute approximate surface area is 95.8 Å². The van der Waals surface area contributed by atoms with Gasteiger partial charge < -0.3 is 16.4 Å². The van der Waals surface area contributed by atoms with Crippen molar-refractivity contribution in [1.82, 2.24) is 5.32 Å². The zero-order chi connectivity index (χ0) is 12.1. The Morgan fingerprint density at radius 3 is 2.69 bits per heavy atom. The third-order valence-corrected chi connectivity index (χ3v) is 1.84. The molecule has 0 bridgehead atoms. The number of benzene rings is 1. The molecule has 86 valence electrons. The minimum atomic E-state index is -0.722. The molecule has 0 unspecified atom stereocenters. The Morgan fingerprint density at radius 2 is 2.12 bits per heavy atom. The molecule has 0 heterocycles. The summed E-state index contributed by atoms with van der Waals surface area (Å²) in [6.45, 7) is -0.318. The molecule has 16 heavy (non-hydrogen) atoms. The molecule has 0 saturated heterocycles. The third-order valence-electron chi connectivity index (χ3n) is 1.60. The minimum absolute atomic E-state index is 0.0358. The fourth-order valence-corrected chi connectivity index (χ4v) is 1.08. The van der Waals surface area contributed by atoms with E-state index in [-0.39, 0.29) is 17.3 Å². The average molecular weight is 246 g/mol. The number of halogens is 2. The van der Waals surface area contributed by atoms with Crippen molar-refractivity contribution in [3.63, 3.8) is 0 Å². The Kier molecular flexibility index (Phi) is 4.07. The number of hydrogen-bond donors (Lipinski definition) is 3. The second-order valence-corrected chi connectivity index (χ2v) is 3.33. The highest BCUT2D eigenvalue weighted by atomic mass is 35.5. The highest BCUT2D eigenvalue weighted by Gasteiger charge is 2.07. The van der Waals surface area contributed by atoms with Gasteiger partial charge in [0.1, 0.15) is 5.82 Å². The molecule has 0 aliphatic carbocycles. The summed E-state index contributed by atoms with van der Waals surface area (Å²) in [4.78, 5) is 21.5. The van der Waals surface area contributed by atoms with Gasteiger partial charge in [-0.3, -0.25) is 4.79 Å². The Hall–Kier alpha value is -1.82. The van der Waals surface area contributed by atoms with Crippen LogP contribution in [0.3, 0.4) is 0 Å². The first-order valence-corrected chi connectivity index (χ1v) is 4.65. The number of carbonyl (C=O) groups excluding carboxylic acids is 2. The summed E-state index contributed by atoms with van der Waals surface area (Å²) in [5.74, 6) is -1.35. The van der Waals surface area contributed by atoms with E-state index in [0.29, 0.717) is 0 Å². The van der Waals surface area contributed by atoms with E-state index in [9.17, 15) is 14.0 Å². The molecule has 3 amide bonds. The van der Waals surface area contributed by atoms with Crippen molar-refractivity contribution in [3.05, 3.63) is 29.0 Å². The number of nitrogens with two attached hydrogens (primary N) is 1. The van der Waals surface area contributed by atoms with Crippen LogP contribution in [0.25, 0.3) is 0 Å². The van der Waals surface area contributed by atoms with Crippen molar-refractivity contribution in [2.24, 2.45) is 5.73 Å². The van der Waals surface area contributed by atoms with Crippen LogP contribution in [-0.4, -0.2) is 18.5 Å². The monoisotopic (exact) mass is 245 g/mol. The molecular weight excluding hydrogens is 237 g/mol. The lowest BCUT2D eigenvalue weighted by molar-refractivity contribution is -0.117. The van der Waals surface area contributed by atoms with Crippen molar-refractivity contribution < 1.29 is 14.0 Å². The summed E-state index contributed by atoms with van der Waals surface area (Å²) in [5.41, 5.74) is 4.78. The van der Waals surface area contributed by atoms with Gasteiger partial charge in [0.2, 0.25) is 5.91 Å². The first-order valence-electron chi connectivity index (χ1n) is 4.27. The van der Waals surface area contributed by atoms with E-state index in [1.165, 1.54) is 12.1 Å². The zero-order valence-electron chi connectivity index (χ0n) is 8.09. The van der Waals surface area contributed by atoms with Crippen molar-refractivity contribution in [2.75, 3.05) is 11.9 Å². The van der Waals surface area contributed by atoms with Crippen molar-refractivity contribution >= 4 is 29.2 Å². The topological polar surface area (TPSA) is 84.2 Å². The van der Waals surface area contributed by atoms with Crippen LogP contribution in [0.5, 0.6) is 0 Å². The van der Waals surface area contributed by atoms with Gasteiger partial charge in [0.25, 0.3) is 0 Å². The van der Waals surface area contributed by atoms with Gasteiger partial charge in [-0.1, -0.05) is 11.6 Å². The van der Waals surface area contributed by atoms with E-state index in [2.05, 4.69) is 10.6 Å². The maximum atomic E-state index is 13.2. The van der Waals surface area contributed by atoms with Gasteiger partial charge in [0.15, 0.2) is 0 Å². The van der Waals surface area contributed by atoms with Gasteiger partial charge >= 0.3 is 6.03 Å². The molecule has 1 aromatic carbocycles. The molecule has 0 aliphatic heterocycles. The van der Waals surface area contributed by atoms with Crippen LogP contribution in [0, 0.1) is 5.82 Å². The summed E-state index contributed by atoms with van der Waals surface area (Å²) in [7, 11) is 0. The second kappa shape index (κ2) is 5.32. The number of carbonyl (C=O) groups is 2. The Balaban J connectivity index is 2.59. The number of rotatable bonds is 3. The Morgan fingerprint density at radius 1 is 1.44 bits per heavy atom. The van der Waals surface area contributed by atoms with Crippen LogP contribution < -0.4 is 16.4 Å². The van der Waals surface area contributed by atoms with Crippen LogP contribution in [0.2, 0.25) is 5.02 Å². The van der Waals surface area contributed by atoms with E-state index < -0.39 is 17.8 Å². The average Bonchev–Trinajstić information content (AvgIpc) is 2.19. The van der Waals surface area contributed by atoms with Crippen LogP contribution in [-0.2, 0) is 4.79 Å². The highest BCUT2D eigenvalue weighted by Crippen LogP contribution is 2.18. The Bertz CT molecular complexity index is 425. The summed E-state index contributed by atoms with van der Waals surface area (Å²) < 4.78 is 13.2. The van der Waals surface area contributed by atoms with E-state index in [1.54, 1.807) is 0 Å². The van der Waals surface area contributed by atoms with Crippen molar-refractivity contribution in [1.29, 1.82) is 0 Å². The van der Waals surface area contributed by atoms with Gasteiger partial charge in [-0.05, 0) is 18.2 Å². The molecule has 0 atom stereocenters. The summed E-state index contributed by atoms with van der Waals surface area (Å²) in [6, 6.07) is 3.07. The van der Waals surface area contributed by atoms with E-state index in [4.69, 9.17) is 17.3 Å². The first kappa shape index (κ1) is 12.3. The molecule has 5 nitrogen and oxygen atoms in total. The summed E-state index contributed by atoms with van der Waals surface area (Å²) in [6.07, 6.45) is 0. The molecule has 1 aromatic rings. The molecule has 1 rings (SSSR count). The first-order chi connectivity index (χ1) is 7.49. The number of amides is 3. The van der Waals surface area contributed by atoms with Crippen LogP contribution in [0.4, 0.5) is 14.9 Å². The molecule has 0 aliphatic rings. The molecule has 4 N–H and O–H groups in total. The number of nitrogens with one attached hydrogen (secondary N) is 2. The maximum absolute atomic E-state index is 13.2. The lowest BCUT2D eigenvalue weighted by Gasteiger charge is -2.07. The maximum Gasteiger partial charge on any atom is 0.319 e. The summed E-state index contributed by atoms with van der Waals surface area (Å²) >= 11 is 5.53. The number of anilines is 1. The van der Waals surface area contributed by atoms with Crippen molar-refractivity contribution in [3.8, 4) is 0 Å². The molecule has 0 radical (unpaired) electrons. The third kappa shape index (κ3) is 3.74. The number of primary amides is 1. The van der Waals surface area contributed by atoms with Crippen LogP contribution in [0.1, 0.15) is 0 Å². The minimum Gasteiger partial charge on any atom is -0.368 e. The van der Waals surface area contributed by atoms with Crippen LogP contribution in [0.15, 0.2) is 18.2 Å². The van der Waals surface area contributed by atoms with Crippen LogP contribution >= 0.6 is 11.6 Å². The second-order valence-electron chi connectivity index (χ2n) is 2.90. The molecule has 0 aromatic heterocycles. The number of urea groups is 1. The molecule has 0 saturated carbocycles. The molecular formula is C9H9ClFN3O2. The summed E-state index contributed by atoms with van der Waals surface area (Å²) in [5, 5.41) is 4.57. The van der Waals surface area contributed by atoms with E-state index in [0.717, 1.165) is 6.07 Å².